The molecule has 4 rings (SSSR count). The van der Waals surface area contributed by atoms with Gasteiger partial charge < -0.3 is 14.4 Å². The van der Waals surface area contributed by atoms with Crippen molar-refractivity contribution >= 4 is 27.2 Å². The summed E-state index contributed by atoms with van der Waals surface area (Å²) in [4.78, 5) is 32.9. The van der Waals surface area contributed by atoms with Crippen molar-refractivity contribution in [2.45, 2.75) is 32.1 Å². The van der Waals surface area contributed by atoms with E-state index in [1.807, 2.05) is 35.2 Å². The van der Waals surface area contributed by atoms with Gasteiger partial charge in [-0.1, -0.05) is 30.3 Å². The predicted molar refractivity (Wildman–Crippen MR) is 120 cm³/mol. The smallest absolute Gasteiger partial charge is 0.255 e. The van der Waals surface area contributed by atoms with Crippen molar-refractivity contribution < 1.29 is 14.3 Å². The van der Waals surface area contributed by atoms with Crippen LogP contribution in [0.2, 0.25) is 0 Å². The van der Waals surface area contributed by atoms with Gasteiger partial charge in [0.2, 0.25) is 5.91 Å². The first-order valence-electron chi connectivity index (χ1n) is 11.0. The lowest BCUT2D eigenvalue weighted by atomic mass is 9.86. The van der Waals surface area contributed by atoms with Crippen molar-refractivity contribution in [3.63, 3.8) is 0 Å². The van der Waals surface area contributed by atoms with Crippen molar-refractivity contribution in [3.05, 3.63) is 47.3 Å². The highest BCUT2D eigenvalue weighted by Crippen LogP contribution is 2.34. The number of nitrogens with zero attached hydrogens (tertiary/aromatic N) is 2. The summed E-state index contributed by atoms with van der Waals surface area (Å²) >= 11 is 0. The Kier molecular flexibility index (Phi) is 7.01. The van der Waals surface area contributed by atoms with Gasteiger partial charge in [-0.15, -0.1) is 0 Å². The zero-order valence-electron chi connectivity index (χ0n) is 17.4. The molecule has 3 fully saturated rings. The van der Waals surface area contributed by atoms with E-state index >= 15 is 0 Å². The third-order valence-corrected chi connectivity index (χ3v) is 9.01. The van der Waals surface area contributed by atoms with E-state index in [4.69, 9.17) is 11.3 Å². The van der Waals surface area contributed by atoms with Crippen LogP contribution in [-0.4, -0.2) is 59.4 Å². The van der Waals surface area contributed by atoms with Crippen molar-refractivity contribution in [1.82, 2.24) is 4.90 Å². The molecule has 0 aromatic heterocycles. The Labute approximate surface area is 181 Å². The van der Waals surface area contributed by atoms with Crippen LogP contribution in [0.5, 0.6) is 0 Å². The Morgan fingerprint density at radius 3 is 2.53 bits per heavy atom. The lowest BCUT2D eigenvalue weighted by molar-refractivity contribution is -0.132. The Morgan fingerprint density at radius 1 is 1.17 bits per heavy atom. The maximum atomic E-state index is 13.5. The minimum atomic E-state index is -0.394. The fourth-order valence-electron chi connectivity index (χ4n) is 4.90. The normalized spacial score (nSPS) is 25.4. The minimum Gasteiger partial charge on any atom is -0.381 e. The van der Waals surface area contributed by atoms with E-state index in [0.717, 1.165) is 56.0 Å². The number of hydrogen-bond donors (Lipinski definition) is 0. The highest BCUT2D eigenvalue weighted by atomic mass is 32.2. The first-order valence-corrected chi connectivity index (χ1v) is 12.6. The summed E-state index contributed by atoms with van der Waals surface area (Å²) in [6.07, 6.45) is 4.70. The van der Waals surface area contributed by atoms with Crippen LogP contribution in [0.4, 0.5) is 0 Å². The Bertz CT molecular complexity index is 847. The van der Waals surface area contributed by atoms with Crippen LogP contribution in [0, 0.1) is 24.3 Å². The molecule has 0 saturated carbocycles. The van der Waals surface area contributed by atoms with E-state index in [-0.39, 0.29) is 28.1 Å². The number of ketones is 1. The van der Waals surface area contributed by atoms with Gasteiger partial charge in [0.05, 0.1) is 12.5 Å². The standard InChI is InChI=1S/C24H30N2O3S/c1-25-23(30-13-5-6-14-30)22(27)21-17-26(16-19-9-11-29-12-10-19)24(28)20(21)15-18-7-3-2-4-8-18/h2-4,7-8,19-21H,5-6,9-17H2/t20-,21+/m1/s1. The molecule has 1 amide bonds. The van der Waals surface area contributed by atoms with Crippen molar-refractivity contribution in [3.8, 4) is 0 Å². The maximum Gasteiger partial charge on any atom is 0.255 e. The summed E-state index contributed by atoms with van der Waals surface area (Å²) in [5.74, 6) is 1.63. The quantitative estimate of drug-likeness (QED) is 0.517. The molecule has 3 heterocycles. The van der Waals surface area contributed by atoms with E-state index in [1.54, 1.807) is 0 Å². The average Bonchev–Trinajstić information content (AvgIpc) is 3.40. The summed E-state index contributed by atoms with van der Waals surface area (Å²) in [5.41, 5.74) is 1.08. The van der Waals surface area contributed by atoms with Crippen LogP contribution in [0.15, 0.2) is 30.3 Å². The molecule has 0 aliphatic carbocycles. The van der Waals surface area contributed by atoms with Crippen molar-refractivity contribution in [2.24, 2.45) is 17.8 Å². The lowest BCUT2D eigenvalue weighted by Crippen LogP contribution is -2.35. The van der Waals surface area contributed by atoms with Gasteiger partial charge in [0.15, 0.2) is 5.78 Å². The molecule has 1 aromatic rings. The minimum absolute atomic E-state index is 0.0565. The fourth-order valence-corrected chi connectivity index (χ4v) is 7.16. The number of benzene rings is 1. The number of hydrogen-bond acceptors (Lipinski definition) is 3. The molecule has 0 spiro atoms. The van der Waals surface area contributed by atoms with E-state index in [0.29, 0.717) is 30.4 Å². The van der Waals surface area contributed by atoms with E-state index in [2.05, 4.69) is 4.85 Å². The van der Waals surface area contributed by atoms with Crippen LogP contribution in [0.1, 0.15) is 31.2 Å². The zero-order chi connectivity index (χ0) is 20.9. The third-order valence-electron chi connectivity index (χ3n) is 6.60. The monoisotopic (exact) mass is 426 g/mol. The number of carbonyl (C=O) groups excluding carboxylic acids is 2. The first-order chi connectivity index (χ1) is 14.7. The van der Waals surface area contributed by atoms with Gasteiger partial charge >= 0.3 is 0 Å². The molecule has 3 saturated heterocycles. The highest BCUT2D eigenvalue weighted by molar-refractivity contribution is 8.17. The molecule has 1 aromatic carbocycles. The van der Waals surface area contributed by atoms with E-state index < -0.39 is 5.92 Å². The Balaban J connectivity index is 1.57. The molecule has 0 bridgehead atoms. The number of amides is 1. The molecule has 0 unspecified atom stereocenters. The molecule has 3 aliphatic rings. The van der Waals surface area contributed by atoms with Gasteiger partial charge in [-0.05, 0) is 55.1 Å². The van der Waals surface area contributed by atoms with Gasteiger partial charge in [-0.3, -0.25) is 4.79 Å². The summed E-state index contributed by atoms with van der Waals surface area (Å²) in [6.45, 7) is 10.3. The van der Waals surface area contributed by atoms with Gasteiger partial charge in [0, 0.05) is 32.2 Å². The zero-order valence-corrected chi connectivity index (χ0v) is 18.2. The second-order valence-corrected chi connectivity index (χ2v) is 10.8. The van der Waals surface area contributed by atoms with Crippen molar-refractivity contribution in [2.75, 3.05) is 37.8 Å². The largest absolute Gasteiger partial charge is 0.381 e. The number of rotatable bonds is 6. The molecule has 0 radical (unpaired) electrons. The molecular weight excluding hydrogens is 396 g/mol. The average molecular weight is 427 g/mol. The van der Waals surface area contributed by atoms with Crippen LogP contribution in [0.3, 0.4) is 0 Å². The van der Waals surface area contributed by atoms with Gasteiger partial charge in [-0.2, -0.15) is 10.5 Å². The van der Waals surface area contributed by atoms with E-state index in [1.165, 1.54) is 0 Å². The van der Waals surface area contributed by atoms with Crippen LogP contribution < -0.4 is 0 Å². The van der Waals surface area contributed by atoms with Crippen LogP contribution >= 0.6 is 10.5 Å². The molecule has 3 aliphatic heterocycles. The second kappa shape index (κ2) is 9.89. The lowest BCUT2D eigenvalue weighted by Gasteiger charge is -2.27. The highest BCUT2D eigenvalue weighted by Gasteiger charge is 2.45. The molecule has 0 N–H and O–H groups in total. The van der Waals surface area contributed by atoms with Gasteiger partial charge in [0.25, 0.3) is 4.99 Å². The fraction of sp³-hybridized carbons (Fsp3) is 0.583. The Morgan fingerprint density at radius 2 is 1.87 bits per heavy atom. The molecule has 160 valence electrons. The predicted octanol–water partition coefficient (Wildman–Crippen LogP) is 3.41. The molecule has 2 atom stereocenters. The van der Waals surface area contributed by atoms with Gasteiger partial charge in [-0.25, -0.2) is 4.85 Å². The van der Waals surface area contributed by atoms with E-state index in [9.17, 15) is 9.59 Å². The maximum absolute atomic E-state index is 13.5. The topological polar surface area (TPSA) is 51.0 Å². The Hall–Kier alpha value is -1.97. The van der Waals surface area contributed by atoms with Crippen molar-refractivity contribution in [1.29, 1.82) is 0 Å². The van der Waals surface area contributed by atoms with Gasteiger partial charge in [0.1, 0.15) is 0 Å². The summed E-state index contributed by atoms with van der Waals surface area (Å²) in [7, 11) is -0.215. The summed E-state index contributed by atoms with van der Waals surface area (Å²) < 4.78 is 5.46. The second-order valence-electron chi connectivity index (χ2n) is 8.59. The number of Topliss-reactive ketones (excluding diaryl/α,β-unsaturated/α-hetero) is 1. The SMILES string of the molecule is [C-]#[N+]C(C(=O)[C@H]1CN(CC2CCOCC2)C(=O)[C@@H]1Cc1ccccc1)=S1CCCC1. The summed E-state index contributed by atoms with van der Waals surface area (Å²) in [5, 5.41) is 0. The molecule has 6 heteroatoms. The molecule has 30 heavy (non-hydrogen) atoms. The van der Waals surface area contributed by atoms with Crippen LogP contribution in [0.25, 0.3) is 4.85 Å². The first kappa shape index (κ1) is 21.3. The third kappa shape index (κ3) is 4.68. The number of ether oxygens (including phenoxy) is 1. The van der Waals surface area contributed by atoms with Crippen LogP contribution in [-0.2, 0) is 20.7 Å². The molecule has 5 nitrogen and oxygen atoms in total. The number of carbonyl (C=O) groups is 2. The molecular formula is C24H30N2O3S. The summed E-state index contributed by atoms with van der Waals surface area (Å²) in [6, 6.07) is 9.96. The number of likely N-dealkylation sites (tertiary alicyclic amines) is 1.